The van der Waals surface area contributed by atoms with E-state index in [0.29, 0.717) is 36.2 Å². The third-order valence-electron chi connectivity index (χ3n) is 3.65. The Balaban J connectivity index is 2.02. The second kappa shape index (κ2) is 8.96. The van der Waals surface area contributed by atoms with Gasteiger partial charge in [0.1, 0.15) is 5.82 Å². The summed E-state index contributed by atoms with van der Waals surface area (Å²) in [6.45, 7) is 0.457. The minimum atomic E-state index is -2.16. The van der Waals surface area contributed by atoms with E-state index in [1.54, 1.807) is 6.07 Å². The zero-order chi connectivity index (χ0) is 20.0. The molecule has 0 amide bonds. The van der Waals surface area contributed by atoms with Gasteiger partial charge in [-0.2, -0.15) is 4.98 Å². The van der Waals surface area contributed by atoms with Gasteiger partial charge in [-0.3, -0.25) is 9.78 Å². The number of carboxylic acid groups (broad SMARTS) is 1. The van der Waals surface area contributed by atoms with Crippen LogP contribution in [0, 0.1) is 0 Å². The SMILES string of the molecule is Nc1nc(N)c(CCCNc2ccc(C=CS(=O)O)c(C(=O)O)c2)c(=O)[nH]1. The number of carbonyl (C=O) groups is 1. The molecule has 0 aliphatic rings. The van der Waals surface area contributed by atoms with E-state index in [-0.39, 0.29) is 22.9 Å². The Morgan fingerprint density at radius 1 is 1.37 bits per heavy atom. The minimum Gasteiger partial charge on any atom is -0.478 e. The molecule has 0 saturated heterocycles. The predicted molar refractivity (Wildman–Crippen MR) is 104 cm³/mol. The fourth-order valence-electron chi connectivity index (χ4n) is 2.40. The molecule has 0 fully saturated rings. The monoisotopic (exact) mass is 393 g/mol. The standard InChI is InChI=1S/C16H19N5O5S/c17-13-11(14(22)21-16(18)20-13)2-1-6-19-10-4-3-9(5-7-27(25)26)12(8-10)15(23)24/h3-5,7-8,19H,1-2,6H2,(H,23,24)(H,25,26)(H5,17,18,20,21,22). The fourth-order valence-corrected chi connectivity index (χ4v) is 2.66. The molecule has 1 aromatic heterocycles. The number of nitrogens with two attached hydrogens (primary N) is 2. The highest BCUT2D eigenvalue weighted by Gasteiger charge is 2.10. The van der Waals surface area contributed by atoms with Gasteiger partial charge in [-0.05, 0) is 36.6 Å². The van der Waals surface area contributed by atoms with Crippen molar-refractivity contribution >= 4 is 40.6 Å². The number of hydrogen-bond donors (Lipinski definition) is 6. The summed E-state index contributed by atoms with van der Waals surface area (Å²) in [5.74, 6) is -1.11. The number of nitrogens with zero attached hydrogens (tertiary/aromatic N) is 1. The van der Waals surface area contributed by atoms with Crippen LogP contribution in [-0.2, 0) is 17.5 Å². The molecule has 0 aliphatic heterocycles. The average Bonchev–Trinajstić information content (AvgIpc) is 2.58. The molecule has 0 spiro atoms. The molecule has 0 radical (unpaired) electrons. The maximum atomic E-state index is 11.8. The van der Waals surface area contributed by atoms with Gasteiger partial charge in [0, 0.05) is 17.6 Å². The van der Waals surface area contributed by atoms with Crippen LogP contribution in [-0.4, -0.2) is 36.4 Å². The van der Waals surface area contributed by atoms with Crippen molar-refractivity contribution in [3.05, 3.63) is 50.7 Å². The predicted octanol–water partition coefficient (Wildman–Crippen LogP) is 0.870. The molecule has 144 valence electrons. The van der Waals surface area contributed by atoms with E-state index in [2.05, 4.69) is 15.3 Å². The van der Waals surface area contributed by atoms with Crippen molar-refractivity contribution in [2.24, 2.45) is 0 Å². The zero-order valence-electron chi connectivity index (χ0n) is 14.1. The molecule has 8 N–H and O–H groups in total. The molecule has 0 aliphatic carbocycles. The highest BCUT2D eigenvalue weighted by Crippen LogP contribution is 2.18. The molecule has 2 aromatic rings. The van der Waals surface area contributed by atoms with Crippen LogP contribution >= 0.6 is 0 Å². The maximum Gasteiger partial charge on any atom is 0.336 e. The first-order valence-electron chi connectivity index (χ1n) is 7.81. The Kier molecular flexibility index (Phi) is 6.68. The molecule has 0 saturated carbocycles. The van der Waals surface area contributed by atoms with E-state index in [1.165, 1.54) is 18.2 Å². The van der Waals surface area contributed by atoms with Crippen LogP contribution in [0.1, 0.15) is 27.9 Å². The lowest BCUT2D eigenvalue weighted by molar-refractivity contribution is 0.0696. The van der Waals surface area contributed by atoms with Crippen LogP contribution < -0.4 is 22.3 Å². The van der Waals surface area contributed by atoms with Gasteiger partial charge in [0.25, 0.3) is 5.56 Å². The molecule has 11 heteroatoms. The van der Waals surface area contributed by atoms with Crippen molar-refractivity contribution in [1.82, 2.24) is 9.97 Å². The number of aromatic nitrogens is 2. The van der Waals surface area contributed by atoms with E-state index >= 15 is 0 Å². The van der Waals surface area contributed by atoms with Crippen molar-refractivity contribution in [2.45, 2.75) is 12.8 Å². The summed E-state index contributed by atoms with van der Waals surface area (Å²) in [5, 5.41) is 13.3. The minimum absolute atomic E-state index is 0.00914. The van der Waals surface area contributed by atoms with Gasteiger partial charge in [0.15, 0.2) is 11.1 Å². The third kappa shape index (κ3) is 5.66. The molecule has 1 heterocycles. The van der Waals surface area contributed by atoms with Crippen molar-refractivity contribution in [3.8, 4) is 0 Å². The van der Waals surface area contributed by atoms with Gasteiger partial charge < -0.3 is 26.4 Å². The number of rotatable bonds is 8. The second-order valence-electron chi connectivity index (χ2n) is 5.53. The number of aromatic amines is 1. The van der Waals surface area contributed by atoms with E-state index in [0.717, 1.165) is 5.41 Å². The van der Waals surface area contributed by atoms with Crippen LogP contribution in [0.3, 0.4) is 0 Å². The van der Waals surface area contributed by atoms with Gasteiger partial charge in [-0.25, -0.2) is 9.00 Å². The quantitative estimate of drug-likeness (QED) is 0.279. The molecule has 10 nitrogen and oxygen atoms in total. The fraction of sp³-hybridized carbons (Fsp3) is 0.188. The van der Waals surface area contributed by atoms with Gasteiger partial charge in [0.2, 0.25) is 5.95 Å². The number of benzene rings is 1. The van der Waals surface area contributed by atoms with Crippen molar-refractivity contribution in [2.75, 3.05) is 23.3 Å². The summed E-state index contributed by atoms with van der Waals surface area (Å²) in [6, 6.07) is 4.61. The Morgan fingerprint density at radius 2 is 2.11 bits per heavy atom. The van der Waals surface area contributed by atoms with Gasteiger partial charge in [-0.15, -0.1) is 0 Å². The summed E-state index contributed by atoms with van der Waals surface area (Å²) in [7, 11) is 0. The molecule has 1 atom stereocenters. The number of anilines is 3. The maximum absolute atomic E-state index is 11.8. The van der Waals surface area contributed by atoms with Gasteiger partial charge in [-0.1, -0.05) is 6.07 Å². The first kappa shape index (κ1) is 20.1. The molecule has 0 bridgehead atoms. The lowest BCUT2D eigenvalue weighted by Crippen LogP contribution is -2.20. The van der Waals surface area contributed by atoms with Crippen molar-refractivity contribution in [3.63, 3.8) is 0 Å². The number of nitrogens with one attached hydrogen (secondary N) is 2. The van der Waals surface area contributed by atoms with Crippen LogP contribution in [0.5, 0.6) is 0 Å². The van der Waals surface area contributed by atoms with E-state index < -0.39 is 17.0 Å². The summed E-state index contributed by atoms with van der Waals surface area (Å²) in [4.78, 5) is 29.4. The van der Waals surface area contributed by atoms with E-state index in [4.69, 9.17) is 16.0 Å². The van der Waals surface area contributed by atoms with Crippen LogP contribution in [0.25, 0.3) is 6.08 Å². The van der Waals surface area contributed by atoms with E-state index in [9.17, 15) is 18.9 Å². The van der Waals surface area contributed by atoms with Crippen molar-refractivity contribution in [1.29, 1.82) is 0 Å². The summed E-state index contributed by atoms with van der Waals surface area (Å²) in [6.07, 6.45) is 2.19. The van der Waals surface area contributed by atoms with Crippen LogP contribution in [0.4, 0.5) is 17.5 Å². The molecule has 27 heavy (non-hydrogen) atoms. The lowest BCUT2D eigenvalue weighted by atomic mass is 10.1. The van der Waals surface area contributed by atoms with E-state index in [1.807, 2.05) is 0 Å². The van der Waals surface area contributed by atoms with Gasteiger partial charge >= 0.3 is 5.97 Å². The van der Waals surface area contributed by atoms with Crippen LogP contribution in [0.15, 0.2) is 28.4 Å². The first-order valence-corrected chi connectivity index (χ1v) is 8.98. The van der Waals surface area contributed by atoms with Crippen LogP contribution in [0.2, 0.25) is 0 Å². The number of carboxylic acids is 1. The number of hydrogen-bond acceptors (Lipinski definition) is 7. The molecule has 1 unspecified atom stereocenters. The lowest BCUT2D eigenvalue weighted by Gasteiger charge is -2.09. The third-order valence-corrected chi connectivity index (χ3v) is 4.02. The molecular weight excluding hydrogens is 374 g/mol. The Morgan fingerprint density at radius 3 is 2.74 bits per heavy atom. The highest BCUT2D eigenvalue weighted by molar-refractivity contribution is 7.82. The first-order chi connectivity index (χ1) is 12.8. The smallest absolute Gasteiger partial charge is 0.336 e. The molecule has 2 rings (SSSR count). The van der Waals surface area contributed by atoms with Crippen molar-refractivity contribution < 1.29 is 18.7 Å². The molecular formula is C16H19N5O5S. The normalized spacial score (nSPS) is 12.2. The average molecular weight is 393 g/mol. The largest absolute Gasteiger partial charge is 0.478 e. The van der Waals surface area contributed by atoms with Gasteiger partial charge in [0.05, 0.1) is 11.1 Å². The summed E-state index contributed by atoms with van der Waals surface area (Å²) < 4.78 is 19.5. The number of H-pyrrole nitrogens is 1. The number of aromatic carboxylic acids is 1. The Bertz CT molecular complexity index is 957. The summed E-state index contributed by atoms with van der Waals surface area (Å²) in [5.41, 5.74) is 11.9. The Labute approximate surface area is 156 Å². The topological polar surface area (TPSA) is 184 Å². The highest BCUT2D eigenvalue weighted by atomic mass is 32.2. The Hall–Kier alpha value is -3.18. The summed E-state index contributed by atoms with van der Waals surface area (Å²) >= 11 is -2.16. The zero-order valence-corrected chi connectivity index (χ0v) is 15.0. The number of nitrogen functional groups attached to an aromatic ring is 2. The second-order valence-corrected chi connectivity index (χ2v) is 6.36. The molecule has 1 aromatic carbocycles.